The van der Waals surface area contributed by atoms with Crippen LogP contribution in [-0.2, 0) is 20.7 Å². The topological polar surface area (TPSA) is 94.6 Å². The Morgan fingerprint density at radius 3 is 2.62 bits per heavy atom. The van der Waals surface area contributed by atoms with E-state index in [0.29, 0.717) is 17.5 Å². The number of fused-ring (bicyclic) bond motifs is 1. The molecule has 1 heterocycles. The van der Waals surface area contributed by atoms with Crippen LogP contribution in [0.25, 0.3) is 16.3 Å². The van der Waals surface area contributed by atoms with E-state index in [1.165, 1.54) is 7.11 Å². The minimum Gasteiger partial charge on any atom is -0.467 e. The minimum atomic E-state index is -1.18. The summed E-state index contributed by atoms with van der Waals surface area (Å²) in [7, 11) is 1.22. The Morgan fingerprint density at radius 1 is 1.18 bits per heavy atom. The number of aromatic nitrogens is 1. The van der Waals surface area contributed by atoms with E-state index >= 15 is 0 Å². The Balaban J connectivity index is 1.95. The van der Waals surface area contributed by atoms with E-state index in [-0.39, 0.29) is 5.57 Å². The molecule has 1 aromatic heterocycles. The Kier molecular flexibility index (Phi) is 7.46. The lowest BCUT2D eigenvalue weighted by molar-refractivity contribution is -0.141. The van der Waals surface area contributed by atoms with Crippen molar-refractivity contribution < 1.29 is 23.9 Å². The summed E-state index contributed by atoms with van der Waals surface area (Å²) in [4.78, 5) is 40.7. The number of aldehydes is 1. The number of alkyl carbamates (subject to hydrolysis) is 1. The lowest BCUT2D eigenvalue weighted by Crippen LogP contribution is -2.44. The van der Waals surface area contributed by atoms with Crippen molar-refractivity contribution in [3.63, 3.8) is 0 Å². The molecule has 0 aliphatic carbocycles. The first kappa shape index (κ1) is 24.6. The third-order valence-electron chi connectivity index (χ3n) is 5.14. The zero-order chi connectivity index (χ0) is 24.9. The molecule has 1 atom stereocenters. The number of carbonyl (C=O) groups is 3. The van der Waals surface area contributed by atoms with Gasteiger partial charge in [-0.1, -0.05) is 30.8 Å². The fourth-order valence-corrected chi connectivity index (χ4v) is 3.62. The number of rotatable bonds is 7. The van der Waals surface area contributed by atoms with Crippen molar-refractivity contribution in [3.8, 4) is 0 Å². The van der Waals surface area contributed by atoms with E-state index in [4.69, 9.17) is 9.47 Å². The van der Waals surface area contributed by atoms with E-state index < -0.39 is 23.7 Å². The molecule has 0 fully saturated rings. The molecule has 0 saturated heterocycles. The highest BCUT2D eigenvalue weighted by molar-refractivity contribution is 5.95. The van der Waals surface area contributed by atoms with Crippen molar-refractivity contribution >= 4 is 34.7 Å². The molecule has 7 heteroatoms. The van der Waals surface area contributed by atoms with E-state index in [1.54, 1.807) is 39.1 Å². The number of nitrogens with one attached hydrogen (secondary N) is 1. The van der Waals surface area contributed by atoms with Gasteiger partial charge in [0, 0.05) is 23.3 Å². The van der Waals surface area contributed by atoms with Crippen LogP contribution in [0.1, 0.15) is 47.8 Å². The molecule has 3 rings (SSSR count). The number of hydrogen-bond donors (Lipinski definition) is 1. The van der Waals surface area contributed by atoms with Crippen molar-refractivity contribution in [2.45, 2.75) is 38.8 Å². The van der Waals surface area contributed by atoms with Crippen molar-refractivity contribution in [2.75, 3.05) is 7.11 Å². The van der Waals surface area contributed by atoms with Gasteiger partial charge in [0.1, 0.15) is 11.9 Å². The zero-order valence-electron chi connectivity index (χ0n) is 19.8. The SMILES string of the molecule is C=C(c1cc(C=O)cc(Cc2cccc3ccncc23)c1)[C@H](NC(=O)OC(C)(C)C)C(=O)OC. The summed E-state index contributed by atoms with van der Waals surface area (Å²) in [6.45, 7) is 9.18. The first-order valence-corrected chi connectivity index (χ1v) is 10.8. The highest BCUT2D eigenvalue weighted by atomic mass is 16.6. The van der Waals surface area contributed by atoms with Crippen molar-refractivity contribution in [3.05, 3.63) is 83.7 Å². The van der Waals surface area contributed by atoms with E-state index in [0.717, 1.165) is 28.2 Å². The zero-order valence-corrected chi connectivity index (χ0v) is 19.8. The average molecular weight is 461 g/mol. The van der Waals surface area contributed by atoms with Crippen LogP contribution in [-0.4, -0.2) is 42.1 Å². The highest BCUT2D eigenvalue weighted by Crippen LogP contribution is 2.25. The number of hydrogen-bond acceptors (Lipinski definition) is 6. The second-order valence-corrected chi connectivity index (χ2v) is 8.90. The van der Waals surface area contributed by atoms with Gasteiger partial charge in [-0.2, -0.15) is 0 Å². The first-order chi connectivity index (χ1) is 16.1. The quantitative estimate of drug-likeness (QED) is 0.405. The monoisotopic (exact) mass is 460 g/mol. The summed E-state index contributed by atoms with van der Waals surface area (Å²) in [5.41, 5.74) is 2.38. The number of benzene rings is 2. The average Bonchev–Trinajstić information content (AvgIpc) is 2.80. The maximum absolute atomic E-state index is 12.5. The molecule has 1 N–H and O–H groups in total. The van der Waals surface area contributed by atoms with Gasteiger partial charge in [0.2, 0.25) is 0 Å². The Hall–Kier alpha value is -4.00. The molecule has 3 aromatic rings. The number of methoxy groups -OCH3 is 1. The molecule has 176 valence electrons. The number of pyridine rings is 1. The molecule has 34 heavy (non-hydrogen) atoms. The summed E-state index contributed by atoms with van der Waals surface area (Å²) in [6.07, 6.45) is 4.05. The second-order valence-electron chi connectivity index (χ2n) is 8.90. The maximum Gasteiger partial charge on any atom is 0.408 e. The molecule has 0 saturated carbocycles. The molecule has 0 bridgehead atoms. The summed E-state index contributed by atoms with van der Waals surface area (Å²) in [6, 6.07) is 12.0. The molecule has 0 radical (unpaired) electrons. The van der Waals surface area contributed by atoms with Gasteiger partial charge in [-0.05, 0) is 73.0 Å². The second kappa shape index (κ2) is 10.3. The lowest BCUT2D eigenvalue weighted by atomic mass is 9.93. The molecule has 0 unspecified atom stereocenters. The Bertz CT molecular complexity index is 1240. The van der Waals surface area contributed by atoms with Gasteiger partial charge >= 0.3 is 12.1 Å². The largest absolute Gasteiger partial charge is 0.467 e. The Morgan fingerprint density at radius 2 is 1.94 bits per heavy atom. The fourth-order valence-electron chi connectivity index (χ4n) is 3.62. The van der Waals surface area contributed by atoms with Crippen LogP contribution >= 0.6 is 0 Å². The van der Waals surface area contributed by atoms with Crippen LogP contribution in [0.4, 0.5) is 4.79 Å². The van der Waals surface area contributed by atoms with Gasteiger partial charge in [0.05, 0.1) is 7.11 Å². The summed E-state index contributed by atoms with van der Waals surface area (Å²) in [5, 5.41) is 4.60. The highest BCUT2D eigenvalue weighted by Gasteiger charge is 2.28. The number of amides is 1. The van der Waals surface area contributed by atoms with E-state index in [9.17, 15) is 14.4 Å². The lowest BCUT2D eigenvalue weighted by Gasteiger charge is -2.24. The third kappa shape index (κ3) is 6.07. The molecule has 0 aliphatic heterocycles. The van der Waals surface area contributed by atoms with Gasteiger partial charge < -0.3 is 14.8 Å². The summed E-state index contributed by atoms with van der Waals surface area (Å²) >= 11 is 0. The maximum atomic E-state index is 12.5. The number of nitrogens with zero attached hydrogens (tertiary/aromatic N) is 1. The number of esters is 1. The predicted octanol–water partition coefficient (Wildman–Crippen LogP) is 4.72. The first-order valence-electron chi connectivity index (χ1n) is 10.8. The molecular weight excluding hydrogens is 432 g/mol. The van der Waals surface area contributed by atoms with Gasteiger partial charge in [0.15, 0.2) is 6.04 Å². The molecule has 1 amide bonds. The fraction of sp³-hybridized carbons (Fsp3) is 0.259. The van der Waals surface area contributed by atoms with Gasteiger partial charge in [0.25, 0.3) is 0 Å². The predicted molar refractivity (Wildman–Crippen MR) is 131 cm³/mol. The van der Waals surface area contributed by atoms with Crippen LogP contribution in [0.2, 0.25) is 0 Å². The number of carbonyl (C=O) groups excluding carboxylic acids is 3. The van der Waals surface area contributed by atoms with Gasteiger partial charge in [-0.25, -0.2) is 9.59 Å². The van der Waals surface area contributed by atoms with Crippen molar-refractivity contribution in [1.82, 2.24) is 10.3 Å². The van der Waals surface area contributed by atoms with Crippen molar-refractivity contribution in [2.24, 2.45) is 0 Å². The molecule has 2 aromatic carbocycles. The third-order valence-corrected chi connectivity index (χ3v) is 5.14. The smallest absolute Gasteiger partial charge is 0.408 e. The van der Waals surface area contributed by atoms with Crippen LogP contribution < -0.4 is 5.32 Å². The van der Waals surface area contributed by atoms with E-state index in [2.05, 4.69) is 16.9 Å². The molecule has 0 spiro atoms. The molecule has 0 aliphatic rings. The number of ether oxygens (including phenoxy) is 2. The normalized spacial score (nSPS) is 12.0. The van der Waals surface area contributed by atoms with Crippen LogP contribution in [0.3, 0.4) is 0 Å². The van der Waals surface area contributed by atoms with E-state index in [1.807, 2.05) is 36.5 Å². The standard InChI is InChI=1S/C27H28N2O5/c1-17(24(25(31)33-5)29-26(32)34-27(2,3)4)22-13-18(11-19(14-22)16-30)12-21-8-6-7-20-9-10-28-15-23(20)21/h6-11,13-16,24H,1,12H2,2-5H3,(H,29,32)/t24-/m0/s1. The molecular formula is C27H28N2O5. The van der Waals surface area contributed by atoms with Crippen LogP contribution in [0, 0.1) is 0 Å². The molecule has 7 nitrogen and oxygen atoms in total. The van der Waals surface area contributed by atoms with Gasteiger partial charge in [-0.15, -0.1) is 0 Å². The minimum absolute atomic E-state index is 0.280. The van der Waals surface area contributed by atoms with Crippen LogP contribution in [0.15, 0.2) is 61.4 Å². The summed E-state index contributed by atoms with van der Waals surface area (Å²) in [5.74, 6) is -0.700. The summed E-state index contributed by atoms with van der Waals surface area (Å²) < 4.78 is 10.1. The van der Waals surface area contributed by atoms with Crippen molar-refractivity contribution in [1.29, 1.82) is 0 Å². The van der Waals surface area contributed by atoms with Crippen LogP contribution in [0.5, 0.6) is 0 Å². The Labute approximate surface area is 198 Å². The van der Waals surface area contributed by atoms with Gasteiger partial charge in [-0.3, -0.25) is 9.78 Å².